The number of nitrogens with one attached hydrogen (secondary N) is 2. The summed E-state index contributed by atoms with van der Waals surface area (Å²) in [5.41, 5.74) is 2.03. The summed E-state index contributed by atoms with van der Waals surface area (Å²) >= 11 is 6.66. The third kappa shape index (κ3) is 3.32. The zero-order valence-corrected chi connectivity index (χ0v) is 14.6. The molecule has 0 bridgehead atoms. The van der Waals surface area contributed by atoms with E-state index in [0.717, 1.165) is 34.4 Å². The Morgan fingerprint density at radius 1 is 1.48 bits per heavy atom. The monoisotopic (exact) mass is 347 g/mol. The van der Waals surface area contributed by atoms with Gasteiger partial charge in [-0.25, -0.2) is 4.98 Å². The maximum atomic E-state index is 12.3. The molecule has 0 unspecified atom stereocenters. The molecule has 3 aromatic rings. The van der Waals surface area contributed by atoms with Gasteiger partial charge >= 0.3 is 0 Å². The Hall–Kier alpha value is -2.06. The predicted octanol–water partition coefficient (Wildman–Crippen LogP) is 3.45. The number of amides is 1. The standard InChI is InChI=1S/C15H17N5OS2/c1-3-5-11-18-19-15(22)20(11)8-12(21)16-14-17-13-9(2)6-4-7-10(13)23-14/h4,6-7H,3,5,8H2,1-2H3,(H,19,22)(H,16,17,21). The molecule has 2 N–H and O–H groups in total. The molecule has 8 heteroatoms. The molecule has 6 nitrogen and oxygen atoms in total. The fraction of sp³-hybridized carbons (Fsp3) is 0.333. The molecule has 120 valence electrons. The highest BCUT2D eigenvalue weighted by Gasteiger charge is 2.12. The molecular weight excluding hydrogens is 330 g/mol. The summed E-state index contributed by atoms with van der Waals surface area (Å²) in [6.07, 6.45) is 1.72. The van der Waals surface area contributed by atoms with Crippen molar-refractivity contribution in [1.29, 1.82) is 0 Å². The molecule has 0 saturated heterocycles. The molecule has 0 aliphatic carbocycles. The largest absolute Gasteiger partial charge is 0.300 e. The van der Waals surface area contributed by atoms with E-state index >= 15 is 0 Å². The molecule has 0 fully saturated rings. The SMILES string of the molecule is CCCc1n[nH]c(=S)n1CC(=O)Nc1nc2c(C)cccc2s1. The van der Waals surface area contributed by atoms with E-state index in [9.17, 15) is 4.79 Å². The van der Waals surface area contributed by atoms with Gasteiger partial charge in [0.25, 0.3) is 0 Å². The molecule has 0 aliphatic heterocycles. The first-order valence-corrected chi connectivity index (χ1v) is 8.61. The Labute approximate surface area is 142 Å². The van der Waals surface area contributed by atoms with Crippen LogP contribution in [-0.4, -0.2) is 25.7 Å². The van der Waals surface area contributed by atoms with Crippen LogP contribution >= 0.6 is 23.6 Å². The average Bonchev–Trinajstić information content (AvgIpc) is 3.06. The van der Waals surface area contributed by atoms with Crippen LogP contribution < -0.4 is 5.32 Å². The van der Waals surface area contributed by atoms with E-state index in [0.29, 0.717) is 9.90 Å². The van der Waals surface area contributed by atoms with Gasteiger partial charge in [-0.1, -0.05) is 30.4 Å². The van der Waals surface area contributed by atoms with Crippen molar-refractivity contribution in [3.05, 3.63) is 34.4 Å². The summed E-state index contributed by atoms with van der Waals surface area (Å²) in [5.74, 6) is 0.643. The van der Waals surface area contributed by atoms with E-state index in [2.05, 4.69) is 27.4 Å². The van der Waals surface area contributed by atoms with Crippen LogP contribution in [0.1, 0.15) is 24.7 Å². The molecule has 0 radical (unpaired) electrons. The fourth-order valence-electron chi connectivity index (χ4n) is 2.37. The van der Waals surface area contributed by atoms with Crippen LogP contribution in [0.4, 0.5) is 5.13 Å². The highest BCUT2D eigenvalue weighted by Crippen LogP contribution is 2.27. The smallest absolute Gasteiger partial charge is 0.246 e. The quantitative estimate of drug-likeness (QED) is 0.693. The third-order valence-corrected chi connectivity index (χ3v) is 4.73. The van der Waals surface area contributed by atoms with Gasteiger partial charge in [0.1, 0.15) is 12.4 Å². The summed E-state index contributed by atoms with van der Waals surface area (Å²) in [6.45, 7) is 4.21. The number of carbonyl (C=O) groups is 1. The number of aromatic nitrogens is 4. The van der Waals surface area contributed by atoms with E-state index in [1.165, 1.54) is 11.3 Å². The van der Waals surface area contributed by atoms with Gasteiger partial charge in [-0.2, -0.15) is 5.10 Å². The minimum atomic E-state index is -0.156. The Bertz CT molecular complexity index is 908. The molecule has 2 aromatic heterocycles. The second-order valence-corrected chi connectivity index (χ2v) is 6.69. The van der Waals surface area contributed by atoms with Gasteiger partial charge in [-0.05, 0) is 37.2 Å². The van der Waals surface area contributed by atoms with E-state index in [-0.39, 0.29) is 12.5 Å². The number of fused-ring (bicyclic) bond motifs is 1. The lowest BCUT2D eigenvalue weighted by Gasteiger charge is -2.05. The number of nitrogens with zero attached hydrogens (tertiary/aromatic N) is 3. The molecule has 0 aliphatic rings. The predicted molar refractivity (Wildman–Crippen MR) is 94.4 cm³/mol. The van der Waals surface area contributed by atoms with Crippen LogP contribution in [-0.2, 0) is 17.8 Å². The molecule has 1 aromatic carbocycles. The van der Waals surface area contributed by atoms with Gasteiger partial charge in [-0.3, -0.25) is 14.5 Å². The van der Waals surface area contributed by atoms with Gasteiger partial charge in [-0.15, -0.1) is 0 Å². The van der Waals surface area contributed by atoms with Crippen LogP contribution in [0.5, 0.6) is 0 Å². The summed E-state index contributed by atoms with van der Waals surface area (Å²) in [5, 5.41) is 10.4. The Morgan fingerprint density at radius 3 is 3.04 bits per heavy atom. The number of hydrogen-bond donors (Lipinski definition) is 2. The lowest BCUT2D eigenvalue weighted by Crippen LogP contribution is -2.20. The second-order valence-electron chi connectivity index (χ2n) is 5.27. The third-order valence-electron chi connectivity index (χ3n) is 3.48. The zero-order chi connectivity index (χ0) is 16.4. The van der Waals surface area contributed by atoms with Crippen molar-refractivity contribution in [2.24, 2.45) is 0 Å². The number of H-pyrrole nitrogens is 1. The number of rotatable bonds is 5. The van der Waals surface area contributed by atoms with Gasteiger partial charge in [0.15, 0.2) is 9.90 Å². The Morgan fingerprint density at radius 2 is 2.30 bits per heavy atom. The fourth-order valence-corrected chi connectivity index (χ4v) is 3.55. The lowest BCUT2D eigenvalue weighted by atomic mass is 10.2. The molecular formula is C15H17N5OS2. The first-order valence-electron chi connectivity index (χ1n) is 7.38. The number of carbonyl (C=O) groups excluding carboxylic acids is 1. The number of aryl methyl sites for hydroxylation is 2. The molecule has 0 spiro atoms. The molecule has 23 heavy (non-hydrogen) atoms. The van der Waals surface area contributed by atoms with E-state index in [1.54, 1.807) is 4.57 Å². The molecule has 0 saturated carbocycles. The highest BCUT2D eigenvalue weighted by molar-refractivity contribution is 7.71. The zero-order valence-electron chi connectivity index (χ0n) is 12.9. The van der Waals surface area contributed by atoms with Crippen LogP contribution in [0, 0.1) is 11.7 Å². The topological polar surface area (TPSA) is 75.6 Å². The van der Waals surface area contributed by atoms with Gasteiger partial charge in [0.2, 0.25) is 5.91 Å². The van der Waals surface area contributed by atoms with Crippen LogP contribution in [0.15, 0.2) is 18.2 Å². The molecule has 2 heterocycles. The highest BCUT2D eigenvalue weighted by atomic mass is 32.1. The van der Waals surface area contributed by atoms with Crippen LogP contribution in [0.25, 0.3) is 10.2 Å². The summed E-state index contributed by atoms with van der Waals surface area (Å²) < 4.78 is 3.25. The lowest BCUT2D eigenvalue weighted by molar-refractivity contribution is -0.116. The van der Waals surface area contributed by atoms with Crippen LogP contribution in [0.3, 0.4) is 0 Å². The van der Waals surface area contributed by atoms with Crippen molar-refractivity contribution >= 4 is 44.8 Å². The van der Waals surface area contributed by atoms with Gasteiger partial charge in [0.05, 0.1) is 10.2 Å². The number of aromatic amines is 1. The maximum absolute atomic E-state index is 12.3. The number of para-hydroxylation sites is 1. The minimum absolute atomic E-state index is 0.138. The van der Waals surface area contributed by atoms with Crippen molar-refractivity contribution in [1.82, 2.24) is 19.7 Å². The first kappa shape index (κ1) is 15.8. The number of anilines is 1. The van der Waals surface area contributed by atoms with E-state index in [4.69, 9.17) is 12.2 Å². The van der Waals surface area contributed by atoms with E-state index in [1.807, 2.05) is 25.1 Å². The van der Waals surface area contributed by atoms with Crippen LogP contribution in [0.2, 0.25) is 0 Å². The van der Waals surface area contributed by atoms with Crippen molar-refractivity contribution in [2.75, 3.05) is 5.32 Å². The summed E-state index contributed by atoms with van der Waals surface area (Å²) in [7, 11) is 0. The van der Waals surface area contributed by atoms with Crippen molar-refractivity contribution in [3.8, 4) is 0 Å². The van der Waals surface area contributed by atoms with Gasteiger partial charge < -0.3 is 5.32 Å². The average molecular weight is 347 g/mol. The normalized spacial score (nSPS) is 11.0. The molecule has 3 rings (SSSR count). The molecule has 0 atom stereocenters. The van der Waals surface area contributed by atoms with Crippen molar-refractivity contribution < 1.29 is 4.79 Å². The Balaban J connectivity index is 1.77. The number of benzene rings is 1. The summed E-state index contributed by atoms with van der Waals surface area (Å²) in [6, 6.07) is 6.00. The van der Waals surface area contributed by atoms with Crippen molar-refractivity contribution in [3.63, 3.8) is 0 Å². The van der Waals surface area contributed by atoms with E-state index < -0.39 is 0 Å². The summed E-state index contributed by atoms with van der Waals surface area (Å²) in [4.78, 5) is 16.8. The minimum Gasteiger partial charge on any atom is -0.300 e. The van der Waals surface area contributed by atoms with Crippen molar-refractivity contribution in [2.45, 2.75) is 33.2 Å². The van der Waals surface area contributed by atoms with Gasteiger partial charge in [0, 0.05) is 6.42 Å². The maximum Gasteiger partial charge on any atom is 0.246 e. The second kappa shape index (κ2) is 6.59. The Kier molecular flexibility index (Phi) is 4.53. The number of hydrogen-bond acceptors (Lipinski definition) is 5. The number of thiazole rings is 1. The molecule has 1 amide bonds. The first-order chi connectivity index (χ1) is 11.1.